The van der Waals surface area contributed by atoms with Gasteiger partial charge in [-0.2, -0.15) is 0 Å². The zero-order chi connectivity index (χ0) is 36.3. The first-order valence-corrected chi connectivity index (χ1v) is 17.4. The second-order valence-corrected chi connectivity index (χ2v) is 13.2. The minimum Gasteiger partial charge on any atom is -0.511 e. The van der Waals surface area contributed by atoms with Crippen molar-refractivity contribution in [3.63, 3.8) is 0 Å². The number of cyclic esters (lactones) is 2. The summed E-state index contributed by atoms with van der Waals surface area (Å²) in [6.45, 7) is 3.99. The summed E-state index contributed by atoms with van der Waals surface area (Å²) in [5.41, 5.74) is 3.19. The number of rotatable bonds is 15. The molecule has 2 fully saturated rings. The quantitative estimate of drug-likeness (QED) is 0.0614. The van der Waals surface area contributed by atoms with Gasteiger partial charge in [0.15, 0.2) is 5.57 Å². The molecule has 0 saturated carbocycles. The molecule has 0 amide bonds. The van der Waals surface area contributed by atoms with Gasteiger partial charge in [0.05, 0.1) is 39.1 Å². The Kier molecular flexibility index (Phi) is 12.5. The van der Waals surface area contributed by atoms with Gasteiger partial charge in [0.2, 0.25) is 0 Å². The summed E-state index contributed by atoms with van der Waals surface area (Å²) in [5, 5.41) is 11.4. The van der Waals surface area contributed by atoms with E-state index in [1.807, 2.05) is 121 Å². The summed E-state index contributed by atoms with van der Waals surface area (Å²) < 4.78 is 43.5. The van der Waals surface area contributed by atoms with E-state index in [2.05, 4.69) is 0 Å². The fourth-order valence-electron chi connectivity index (χ4n) is 6.23. The Morgan fingerprint density at radius 2 is 0.962 bits per heavy atom. The van der Waals surface area contributed by atoms with Crippen LogP contribution < -0.4 is 0 Å². The lowest BCUT2D eigenvalue weighted by molar-refractivity contribution is -0.273. The van der Waals surface area contributed by atoms with Crippen molar-refractivity contribution in [3.05, 3.63) is 155 Å². The van der Waals surface area contributed by atoms with Crippen molar-refractivity contribution in [2.45, 2.75) is 83.0 Å². The number of carbonyl (C=O) groups excluding carboxylic acids is 2. The van der Waals surface area contributed by atoms with Crippen LogP contribution in [0, 0.1) is 0 Å². The molecule has 10 heteroatoms. The Morgan fingerprint density at radius 3 is 1.40 bits per heavy atom. The van der Waals surface area contributed by atoms with E-state index in [4.69, 9.17) is 33.2 Å². The number of carbonyl (C=O) groups is 2. The van der Waals surface area contributed by atoms with Gasteiger partial charge in [0, 0.05) is 20.3 Å². The average molecular weight is 709 g/mol. The summed E-state index contributed by atoms with van der Waals surface area (Å²) in [4.78, 5) is 25.9. The van der Waals surface area contributed by atoms with Gasteiger partial charge >= 0.3 is 11.9 Å². The summed E-state index contributed by atoms with van der Waals surface area (Å²) in [7, 11) is 0. The van der Waals surface area contributed by atoms with Crippen molar-refractivity contribution >= 4 is 11.9 Å². The lowest BCUT2D eigenvalue weighted by atomic mass is 9.91. The Labute approximate surface area is 303 Å². The molecular weight excluding hydrogens is 664 g/mol. The highest BCUT2D eigenvalue weighted by atomic mass is 16.7. The minimum absolute atomic E-state index is 0.108. The molecule has 52 heavy (non-hydrogen) atoms. The normalized spacial score (nSPS) is 22.7. The molecule has 0 bridgehead atoms. The molecule has 4 aromatic carbocycles. The molecule has 0 aromatic heterocycles. The van der Waals surface area contributed by atoms with Crippen LogP contribution in [0.5, 0.6) is 0 Å². The number of aliphatic hydroxyl groups excluding tert-OH is 1. The van der Waals surface area contributed by atoms with Crippen LogP contribution in [0.4, 0.5) is 0 Å². The molecule has 1 N–H and O–H groups in total. The molecule has 0 spiro atoms. The lowest BCUT2D eigenvalue weighted by Crippen LogP contribution is -2.61. The van der Waals surface area contributed by atoms with Crippen molar-refractivity contribution in [3.8, 4) is 0 Å². The molecule has 2 aliphatic heterocycles. The van der Waals surface area contributed by atoms with Gasteiger partial charge in [-0.05, 0) is 22.3 Å². The van der Waals surface area contributed by atoms with E-state index in [9.17, 15) is 14.7 Å². The van der Waals surface area contributed by atoms with Crippen molar-refractivity contribution in [2.24, 2.45) is 0 Å². The summed E-state index contributed by atoms with van der Waals surface area (Å²) in [6, 6.07) is 38.9. The topological polar surface area (TPSA) is 119 Å². The van der Waals surface area contributed by atoms with E-state index in [0.29, 0.717) is 6.61 Å². The molecule has 0 radical (unpaired) electrons. The van der Waals surface area contributed by atoms with Crippen molar-refractivity contribution < 1.29 is 47.9 Å². The van der Waals surface area contributed by atoms with E-state index in [0.717, 1.165) is 22.3 Å². The Morgan fingerprint density at radius 1 is 0.577 bits per heavy atom. The molecule has 5 atom stereocenters. The second kappa shape index (κ2) is 17.6. The second-order valence-electron chi connectivity index (χ2n) is 13.2. The highest BCUT2D eigenvalue weighted by molar-refractivity contribution is 6.15. The SMILES string of the molecule is CC1(C)OC(=O)C(=C(O)C[C@@H]2O[C@H](COCc3ccccc3)[C@@H](OCc3ccccc3)[C@H](OCc3ccccc3)[C@H]2OCc2ccccc2)C(=O)O1. The fraction of sp³-hybridized carbons (Fsp3) is 0.333. The van der Waals surface area contributed by atoms with E-state index in [1.54, 1.807) is 0 Å². The fourth-order valence-corrected chi connectivity index (χ4v) is 6.23. The minimum atomic E-state index is -1.47. The summed E-state index contributed by atoms with van der Waals surface area (Å²) in [6.07, 6.45) is -4.21. The van der Waals surface area contributed by atoms with Crippen LogP contribution in [0.15, 0.2) is 133 Å². The van der Waals surface area contributed by atoms with Gasteiger partial charge in [0.1, 0.15) is 30.2 Å². The zero-order valence-electron chi connectivity index (χ0n) is 29.3. The van der Waals surface area contributed by atoms with Crippen LogP contribution >= 0.6 is 0 Å². The van der Waals surface area contributed by atoms with E-state index in [-0.39, 0.29) is 32.8 Å². The standard InChI is InChI=1S/C42H44O10/c1-42(2)51-40(44)36(41(45)52-42)33(43)23-34-37(47-25-30-17-9-4-10-18-30)39(49-27-32-21-13-6-14-22-32)38(48-26-31-19-11-5-12-20-31)35(50-34)28-46-24-29-15-7-3-8-16-29/h3-22,34-35,37-39,43H,23-28H2,1-2H3/t34-,35+,37-,38+,39+/m0/s1. The first-order valence-electron chi connectivity index (χ1n) is 17.4. The van der Waals surface area contributed by atoms with Crippen molar-refractivity contribution in [1.82, 2.24) is 0 Å². The van der Waals surface area contributed by atoms with Gasteiger partial charge in [-0.15, -0.1) is 0 Å². The highest BCUT2D eigenvalue weighted by Gasteiger charge is 2.50. The Balaban J connectivity index is 1.35. The maximum absolute atomic E-state index is 13.0. The largest absolute Gasteiger partial charge is 0.511 e. The highest BCUT2D eigenvalue weighted by Crippen LogP contribution is 2.35. The van der Waals surface area contributed by atoms with Gasteiger partial charge in [-0.3, -0.25) is 0 Å². The predicted octanol–water partition coefficient (Wildman–Crippen LogP) is 6.77. The van der Waals surface area contributed by atoms with E-state index >= 15 is 0 Å². The van der Waals surface area contributed by atoms with Crippen LogP contribution in [0.25, 0.3) is 0 Å². The first-order chi connectivity index (χ1) is 25.3. The van der Waals surface area contributed by atoms with Crippen LogP contribution in [0.2, 0.25) is 0 Å². The van der Waals surface area contributed by atoms with E-state index in [1.165, 1.54) is 13.8 Å². The van der Waals surface area contributed by atoms with Crippen LogP contribution in [0.1, 0.15) is 42.5 Å². The van der Waals surface area contributed by atoms with Crippen LogP contribution in [-0.4, -0.2) is 60.0 Å². The van der Waals surface area contributed by atoms with Gasteiger partial charge in [0.25, 0.3) is 5.79 Å². The van der Waals surface area contributed by atoms with Gasteiger partial charge in [-0.1, -0.05) is 121 Å². The van der Waals surface area contributed by atoms with E-state index < -0.39 is 59.6 Å². The smallest absolute Gasteiger partial charge is 0.352 e. The maximum Gasteiger partial charge on any atom is 0.352 e. The zero-order valence-corrected chi connectivity index (χ0v) is 29.3. The Bertz CT molecular complexity index is 1740. The third-order valence-electron chi connectivity index (χ3n) is 8.75. The third kappa shape index (κ3) is 9.93. The number of hydrogen-bond donors (Lipinski definition) is 1. The Hall–Kier alpha value is -4.84. The molecule has 4 aromatic rings. The summed E-state index contributed by atoms with van der Waals surface area (Å²) >= 11 is 0. The molecule has 0 aliphatic carbocycles. The molecule has 2 aliphatic rings. The molecule has 6 rings (SSSR count). The van der Waals surface area contributed by atoms with Crippen molar-refractivity contribution in [2.75, 3.05) is 6.61 Å². The number of hydrogen-bond acceptors (Lipinski definition) is 10. The third-order valence-corrected chi connectivity index (χ3v) is 8.75. The first kappa shape index (κ1) is 36.9. The van der Waals surface area contributed by atoms with Gasteiger partial charge in [-0.25, -0.2) is 9.59 Å². The lowest BCUT2D eigenvalue weighted by Gasteiger charge is -2.46. The average Bonchev–Trinajstić information content (AvgIpc) is 3.14. The summed E-state index contributed by atoms with van der Waals surface area (Å²) in [5.74, 6) is -3.99. The maximum atomic E-state index is 13.0. The molecule has 2 saturated heterocycles. The number of esters is 2. The number of aliphatic hydroxyl groups is 1. The molecule has 2 heterocycles. The molecular formula is C42H44O10. The van der Waals surface area contributed by atoms with Crippen molar-refractivity contribution in [1.29, 1.82) is 0 Å². The molecule has 272 valence electrons. The van der Waals surface area contributed by atoms with Gasteiger partial charge < -0.3 is 38.3 Å². The van der Waals surface area contributed by atoms with Crippen LogP contribution in [-0.2, 0) is 69.2 Å². The monoisotopic (exact) mass is 708 g/mol. The molecule has 10 nitrogen and oxygen atoms in total. The number of ether oxygens (including phenoxy) is 7. The number of benzene rings is 4. The molecule has 0 unspecified atom stereocenters. The predicted molar refractivity (Wildman–Crippen MR) is 190 cm³/mol. The van der Waals surface area contributed by atoms with Crippen LogP contribution in [0.3, 0.4) is 0 Å².